The molecule has 1 atom stereocenters. The lowest BCUT2D eigenvalue weighted by Gasteiger charge is -2.40. The Kier molecular flexibility index (Phi) is 4.40. The number of halogens is 1. The van der Waals surface area contributed by atoms with E-state index in [1.165, 1.54) is 6.33 Å². The molecule has 1 saturated heterocycles. The number of rotatable bonds is 4. The van der Waals surface area contributed by atoms with Crippen LogP contribution in [0.25, 0.3) is 0 Å². The number of hydrogen-bond acceptors (Lipinski definition) is 4. The Labute approximate surface area is 113 Å². The Hall–Kier alpha value is -0.870. The minimum Gasteiger partial charge on any atom is -0.375 e. The van der Waals surface area contributed by atoms with E-state index in [0.717, 1.165) is 38.1 Å². The molecule has 4 nitrogen and oxygen atoms in total. The summed E-state index contributed by atoms with van der Waals surface area (Å²) < 4.78 is 5.96. The van der Waals surface area contributed by atoms with Crippen LogP contribution in [0.3, 0.4) is 0 Å². The van der Waals surface area contributed by atoms with Crippen molar-refractivity contribution < 1.29 is 4.74 Å². The van der Waals surface area contributed by atoms with Gasteiger partial charge in [0.15, 0.2) is 0 Å². The van der Waals surface area contributed by atoms with Gasteiger partial charge in [-0.25, -0.2) is 9.97 Å². The molecule has 1 unspecified atom stereocenters. The van der Waals surface area contributed by atoms with Crippen LogP contribution in [-0.2, 0) is 4.74 Å². The van der Waals surface area contributed by atoms with Gasteiger partial charge >= 0.3 is 0 Å². The van der Waals surface area contributed by atoms with Crippen molar-refractivity contribution >= 4 is 17.4 Å². The van der Waals surface area contributed by atoms with Gasteiger partial charge in [-0.2, -0.15) is 0 Å². The van der Waals surface area contributed by atoms with Crippen LogP contribution in [0.5, 0.6) is 0 Å². The number of ether oxygens (including phenoxy) is 1. The molecule has 0 spiro atoms. The monoisotopic (exact) mass is 269 g/mol. The SMILES string of the molecule is CCC1(CC)CC(Nc2ncncc2Cl)CCO1. The predicted octanol–water partition coefficient (Wildman–Crippen LogP) is 3.28. The van der Waals surface area contributed by atoms with E-state index in [-0.39, 0.29) is 5.60 Å². The van der Waals surface area contributed by atoms with Gasteiger partial charge < -0.3 is 10.1 Å². The lowest BCUT2D eigenvalue weighted by molar-refractivity contribution is -0.0864. The summed E-state index contributed by atoms with van der Waals surface area (Å²) in [6, 6.07) is 0.367. The zero-order chi connectivity index (χ0) is 13.0. The van der Waals surface area contributed by atoms with E-state index >= 15 is 0 Å². The van der Waals surface area contributed by atoms with E-state index in [2.05, 4.69) is 29.1 Å². The molecule has 0 saturated carbocycles. The molecule has 5 heteroatoms. The molecule has 1 aliphatic heterocycles. The van der Waals surface area contributed by atoms with Crippen molar-refractivity contribution in [3.8, 4) is 0 Å². The predicted molar refractivity (Wildman–Crippen MR) is 73.0 cm³/mol. The number of aromatic nitrogens is 2. The Morgan fingerprint density at radius 1 is 1.50 bits per heavy atom. The first-order valence-corrected chi connectivity index (χ1v) is 6.93. The molecule has 2 rings (SSSR count). The third-order valence-corrected chi connectivity index (χ3v) is 4.07. The number of nitrogens with one attached hydrogen (secondary N) is 1. The highest BCUT2D eigenvalue weighted by molar-refractivity contribution is 6.32. The van der Waals surface area contributed by atoms with Crippen LogP contribution in [0.1, 0.15) is 39.5 Å². The highest BCUT2D eigenvalue weighted by Crippen LogP contribution is 2.33. The summed E-state index contributed by atoms with van der Waals surface area (Å²) in [5, 5.41) is 3.98. The fourth-order valence-electron chi connectivity index (χ4n) is 2.51. The van der Waals surface area contributed by atoms with Gasteiger partial charge in [0.1, 0.15) is 17.2 Å². The van der Waals surface area contributed by atoms with Crippen molar-refractivity contribution in [2.24, 2.45) is 0 Å². The van der Waals surface area contributed by atoms with Crippen molar-refractivity contribution in [1.82, 2.24) is 9.97 Å². The van der Waals surface area contributed by atoms with Crippen LogP contribution in [0.4, 0.5) is 5.82 Å². The van der Waals surface area contributed by atoms with Gasteiger partial charge in [0.05, 0.1) is 11.8 Å². The van der Waals surface area contributed by atoms with Crippen LogP contribution >= 0.6 is 11.6 Å². The topological polar surface area (TPSA) is 47.0 Å². The van der Waals surface area contributed by atoms with Gasteiger partial charge in [-0.3, -0.25) is 0 Å². The van der Waals surface area contributed by atoms with Crippen LogP contribution in [0, 0.1) is 0 Å². The summed E-state index contributed by atoms with van der Waals surface area (Å²) in [7, 11) is 0. The lowest BCUT2D eigenvalue weighted by Crippen LogP contribution is -2.43. The smallest absolute Gasteiger partial charge is 0.148 e. The number of nitrogens with zero attached hydrogens (tertiary/aromatic N) is 2. The average molecular weight is 270 g/mol. The molecule has 100 valence electrons. The molecule has 1 N–H and O–H groups in total. The van der Waals surface area contributed by atoms with Gasteiger partial charge in [0, 0.05) is 12.6 Å². The maximum atomic E-state index is 6.06. The molecule has 0 bridgehead atoms. The Morgan fingerprint density at radius 3 is 2.94 bits per heavy atom. The Morgan fingerprint density at radius 2 is 2.28 bits per heavy atom. The van der Waals surface area contributed by atoms with Crippen molar-refractivity contribution in [1.29, 1.82) is 0 Å². The van der Waals surface area contributed by atoms with Crippen LogP contribution in [0.15, 0.2) is 12.5 Å². The van der Waals surface area contributed by atoms with E-state index in [9.17, 15) is 0 Å². The van der Waals surface area contributed by atoms with Crippen molar-refractivity contribution in [3.63, 3.8) is 0 Å². The maximum absolute atomic E-state index is 6.06. The second-order valence-corrected chi connectivity index (χ2v) is 5.20. The lowest BCUT2D eigenvalue weighted by atomic mass is 9.86. The van der Waals surface area contributed by atoms with Crippen molar-refractivity contribution in [2.45, 2.75) is 51.2 Å². The molecular weight excluding hydrogens is 250 g/mol. The fourth-order valence-corrected chi connectivity index (χ4v) is 2.67. The fraction of sp³-hybridized carbons (Fsp3) is 0.692. The highest BCUT2D eigenvalue weighted by atomic mass is 35.5. The van der Waals surface area contributed by atoms with E-state index in [4.69, 9.17) is 16.3 Å². The summed E-state index contributed by atoms with van der Waals surface area (Å²) in [5.74, 6) is 0.722. The van der Waals surface area contributed by atoms with Gasteiger partial charge in [-0.05, 0) is 25.7 Å². The minimum atomic E-state index is 0.00935. The third-order valence-electron chi connectivity index (χ3n) is 3.79. The first-order chi connectivity index (χ1) is 8.69. The highest BCUT2D eigenvalue weighted by Gasteiger charge is 2.34. The normalized spacial score (nSPS) is 22.7. The molecule has 0 aromatic carbocycles. The number of hydrogen-bond donors (Lipinski definition) is 1. The molecule has 0 aliphatic carbocycles. The molecule has 18 heavy (non-hydrogen) atoms. The summed E-state index contributed by atoms with van der Waals surface area (Å²) in [6.45, 7) is 5.16. The summed E-state index contributed by atoms with van der Waals surface area (Å²) in [6.07, 6.45) is 7.20. The van der Waals surface area contributed by atoms with Crippen molar-refractivity contribution in [3.05, 3.63) is 17.5 Å². The molecule has 1 aromatic heterocycles. The van der Waals surface area contributed by atoms with Gasteiger partial charge in [-0.1, -0.05) is 25.4 Å². The minimum absolute atomic E-state index is 0.00935. The molecule has 0 amide bonds. The van der Waals surface area contributed by atoms with E-state index in [1.54, 1.807) is 6.20 Å². The third kappa shape index (κ3) is 2.93. The number of anilines is 1. The van der Waals surface area contributed by atoms with E-state index in [0.29, 0.717) is 11.1 Å². The molecule has 1 fully saturated rings. The van der Waals surface area contributed by atoms with E-state index < -0.39 is 0 Å². The second kappa shape index (κ2) is 5.85. The standard InChI is InChI=1S/C13H20ClN3O/c1-3-13(4-2)7-10(5-6-18-13)17-12-11(14)8-15-9-16-12/h8-10H,3-7H2,1-2H3,(H,15,16,17). The molecular formula is C13H20ClN3O. The quantitative estimate of drug-likeness (QED) is 0.911. The first kappa shape index (κ1) is 13.6. The molecule has 2 heterocycles. The molecule has 1 aromatic rings. The first-order valence-electron chi connectivity index (χ1n) is 6.55. The van der Waals surface area contributed by atoms with Gasteiger partial charge in [-0.15, -0.1) is 0 Å². The Balaban J connectivity index is 2.04. The van der Waals surface area contributed by atoms with Crippen LogP contribution in [0.2, 0.25) is 5.02 Å². The van der Waals surface area contributed by atoms with Gasteiger partial charge in [0.25, 0.3) is 0 Å². The van der Waals surface area contributed by atoms with Crippen LogP contribution < -0.4 is 5.32 Å². The maximum Gasteiger partial charge on any atom is 0.148 e. The van der Waals surface area contributed by atoms with E-state index in [1.807, 2.05) is 0 Å². The summed E-state index contributed by atoms with van der Waals surface area (Å²) in [4.78, 5) is 8.07. The average Bonchev–Trinajstić information content (AvgIpc) is 2.41. The largest absolute Gasteiger partial charge is 0.375 e. The second-order valence-electron chi connectivity index (χ2n) is 4.79. The zero-order valence-electron chi connectivity index (χ0n) is 10.9. The zero-order valence-corrected chi connectivity index (χ0v) is 11.7. The van der Waals surface area contributed by atoms with Gasteiger partial charge in [0.2, 0.25) is 0 Å². The molecule has 1 aliphatic rings. The summed E-state index contributed by atoms with van der Waals surface area (Å²) >= 11 is 6.06. The molecule has 0 radical (unpaired) electrons. The van der Waals surface area contributed by atoms with Crippen LogP contribution in [-0.4, -0.2) is 28.2 Å². The van der Waals surface area contributed by atoms with Crippen molar-refractivity contribution in [2.75, 3.05) is 11.9 Å². The Bertz CT molecular complexity index is 396. The summed E-state index contributed by atoms with van der Waals surface area (Å²) in [5.41, 5.74) is 0.00935.